The van der Waals surface area contributed by atoms with Gasteiger partial charge in [0.05, 0.1) is 13.2 Å². The molecule has 8 heteroatoms. The van der Waals surface area contributed by atoms with Gasteiger partial charge in [-0.3, -0.25) is 9.79 Å². The van der Waals surface area contributed by atoms with Gasteiger partial charge in [0.15, 0.2) is 5.96 Å². The van der Waals surface area contributed by atoms with Crippen LogP contribution in [0.1, 0.15) is 27.2 Å². The molecule has 25 heavy (non-hydrogen) atoms. The van der Waals surface area contributed by atoms with E-state index in [0.29, 0.717) is 6.54 Å². The lowest BCUT2D eigenvalue weighted by molar-refractivity contribution is -0.131. The van der Waals surface area contributed by atoms with Gasteiger partial charge < -0.3 is 24.8 Å². The zero-order valence-corrected chi connectivity index (χ0v) is 19.2. The van der Waals surface area contributed by atoms with Gasteiger partial charge in [0, 0.05) is 46.9 Å². The molecule has 0 aliphatic carbocycles. The number of carbonyl (C=O) groups excluding carboxylic acids is 1. The minimum Gasteiger partial charge on any atom is -0.383 e. The lowest BCUT2D eigenvalue weighted by atomic mass is 10.4. The predicted octanol–water partition coefficient (Wildman–Crippen LogP) is 1.34. The molecule has 150 valence electrons. The smallest absolute Gasteiger partial charge is 0.242 e. The van der Waals surface area contributed by atoms with Crippen LogP contribution in [0.15, 0.2) is 4.99 Å². The first-order chi connectivity index (χ1) is 11.5. The Morgan fingerprint density at radius 2 is 1.76 bits per heavy atom. The molecule has 0 aromatic rings. The third-order valence-corrected chi connectivity index (χ3v) is 3.82. The van der Waals surface area contributed by atoms with Crippen LogP contribution in [0.5, 0.6) is 0 Å². The number of hydrogen-bond donors (Lipinski definition) is 1. The zero-order chi connectivity index (χ0) is 18.4. The van der Waals surface area contributed by atoms with Gasteiger partial charge >= 0.3 is 0 Å². The molecule has 0 aromatic heterocycles. The number of methoxy groups -OCH3 is 1. The first-order valence-electron chi connectivity index (χ1n) is 8.94. The van der Waals surface area contributed by atoms with E-state index in [1.807, 2.05) is 37.6 Å². The molecule has 7 nitrogen and oxygen atoms in total. The average molecular weight is 471 g/mol. The Kier molecular flexibility index (Phi) is 17.9. The number of amides is 1. The van der Waals surface area contributed by atoms with E-state index in [4.69, 9.17) is 4.74 Å². The van der Waals surface area contributed by atoms with E-state index in [0.717, 1.165) is 58.3 Å². The van der Waals surface area contributed by atoms with Crippen molar-refractivity contribution in [2.75, 3.05) is 73.6 Å². The van der Waals surface area contributed by atoms with E-state index in [1.165, 1.54) is 0 Å². The summed E-state index contributed by atoms with van der Waals surface area (Å²) in [7, 11) is 5.71. The van der Waals surface area contributed by atoms with E-state index in [2.05, 4.69) is 22.3 Å². The Balaban J connectivity index is 0. The number of nitrogens with one attached hydrogen (secondary N) is 1. The highest BCUT2D eigenvalue weighted by molar-refractivity contribution is 14.0. The molecule has 0 spiro atoms. The molecule has 0 aromatic carbocycles. The second-order valence-corrected chi connectivity index (χ2v) is 5.81. The highest BCUT2D eigenvalue weighted by Gasteiger charge is 2.14. The third kappa shape index (κ3) is 12.4. The van der Waals surface area contributed by atoms with Crippen molar-refractivity contribution < 1.29 is 9.53 Å². The molecule has 0 rings (SSSR count). The van der Waals surface area contributed by atoms with E-state index in [1.54, 1.807) is 7.11 Å². The van der Waals surface area contributed by atoms with Gasteiger partial charge in [-0.05, 0) is 40.8 Å². The topological polar surface area (TPSA) is 60.4 Å². The molecule has 0 radical (unpaired) electrons. The summed E-state index contributed by atoms with van der Waals surface area (Å²) in [5, 5.41) is 3.26. The quantitative estimate of drug-likeness (QED) is 0.202. The van der Waals surface area contributed by atoms with Crippen molar-refractivity contribution in [3.63, 3.8) is 0 Å². The fourth-order valence-corrected chi connectivity index (χ4v) is 2.31. The largest absolute Gasteiger partial charge is 0.383 e. The van der Waals surface area contributed by atoms with Gasteiger partial charge in [0.25, 0.3) is 0 Å². The Morgan fingerprint density at radius 1 is 1.12 bits per heavy atom. The highest BCUT2D eigenvalue weighted by Crippen LogP contribution is 1.95. The van der Waals surface area contributed by atoms with Crippen molar-refractivity contribution in [1.29, 1.82) is 0 Å². The Labute approximate surface area is 171 Å². The molecular weight excluding hydrogens is 433 g/mol. The summed E-state index contributed by atoms with van der Waals surface area (Å²) in [6, 6.07) is 0. The van der Waals surface area contributed by atoms with Gasteiger partial charge in [0.2, 0.25) is 5.91 Å². The molecule has 0 atom stereocenters. The van der Waals surface area contributed by atoms with Crippen LogP contribution in [-0.4, -0.2) is 100 Å². The van der Waals surface area contributed by atoms with Crippen molar-refractivity contribution in [1.82, 2.24) is 20.0 Å². The lowest BCUT2D eigenvalue weighted by Crippen LogP contribution is -2.45. The maximum atomic E-state index is 12.2. The minimum atomic E-state index is 0. The van der Waals surface area contributed by atoms with Crippen LogP contribution < -0.4 is 5.32 Å². The number of ether oxygens (including phenoxy) is 1. The molecule has 0 aliphatic heterocycles. The molecule has 0 saturated carbocycles. The van der Waals surface area contributed by atoms with Gasteiger partial charge in [-0.1, -0.05) is 0 Å². The fourth-order valence-electron chi connectivity index (χ4n) is 2.31. The maximum Gasteiger partial charge on any atom is 0.242 e. The van der Waals surface area contributed by atoms with Crippen LogP contribution in [0, 0.1) is 0 Å². The normalized spacial score (nSPS) is 11.2. The van der Waals surface area contributed by atoms with E-state index < -0.39 is 0 Å². The highest BCUT2D eigenvalue weighted by atomic mass is 127. The predicted molar refractivity (Wildman–Crippen MR) is 116 cm³/mol. The van der Waals surface area contributed by atoms with E-state index in [9.17, 15) is 4.79 Å². The summed E-state index contributed by atoms with van der Waals surface area (Å²) in [6.07, 6.45) is 0.979. The van der Waals surface area contributed by atoms with Gasteiger partial charge in [0.1, 0.15) is 0 Å². The summed E-state index contributed by atoms with van der Waals surface area (Å²) in [5.74, 6) is 0.921. The minimum absolute atomic E-state index is 0. The second-order valence-electron chi connectivity index (χ2n) is 5.81. The lowest BCUT2D eigenvalue weighted by Gasteiger charge is -2.25. The van der Waals surface area contributed by atoms with Crippen molar-refractivity contribution >= 4 is 35.8 Å². The number of guanidine groups is 1. The summed E-state index contributed by atoms with van der Waals surface area (Å²) in [4.78, 5) is 22.8. The van der Waals surface area contributed by atoms with E-state index in [-0.39, 0.29) is 29.9 Å². The summed E-state index contributed by atoms with van der Waals surface area (Å²) < 4.78 is 5.07. The maximum absolute atomic E-state index is 12.2. The molecule has 0 fully saturated rings. The Hall–Kier alpha value is -0.610. The van der Waals surface area contributed by atoms with Crippen LogP contribution in [0.3, 0.4) is 0 Å². The summed E-state index contributed by atoms with van der Waals surface area (Å²) in [5.41, 5.74) is 0. The first-order valence-corrected chi connectivity index (χ1v) is 8.94. The van der Waals surface area contributed by atoms with Gasteiger partial charge in [-0.2, -0.15) is 0 Å². The summed E-state index contributed by atoms with van der Waals surface area (Å²) in [6.45, 7) is 12.1. The van der Waals surface area contributed by atoms with Gasteiger partial charge in [-0.15, -0.1) is 24.0 Å². The average Bonchev–Trinajstić information content (AvgIpc) is 2.56. The SMILES string of the molecule is CCNC(=NCCCN(C)CCOC)N(C)CC(=O)N(CC)CC.I. The molecule has 1 N–H and O–H groups in total. The van der Waals surface area contributed by atoms with Crippen molar-refractivity contribution in [2.24, 2.45) is 4.99 Å². The molecular formula is C17H38IN5O2. The number of aliphatic imine (C=N–C) groups is 1. The fraction of sp³-hybridized carbons (Fsp3) is 0.882. The zero-order valence-electron chi connectivity index (χ0n) is 16.9. The van der Waals surface area contributed by atoms with Crippen LogP contribution in [-0.2, 0) is 9.53 Å². The van der Waals surface area contributed by atoms with Crippen LogP contribution in [0.4, 0.5) is 0 Å². The number of halogens is 1. The number of nitrogens with zero attached hydrogens (tertiary/aromatic N) is 4. The van der Waals surface area contributed by atoms with Crippen molar-refractivity contribution in [3.8, 4) is 0 Å². The van der Waals surface area contributed by atoms with Crippen molar-refractivity contribution in [3.05, 3.63) is 0 Å². The van der Waals surface area contributed by atoms with Crippen LogP contribution in [0.2, 0.25) is 0 Å². The third-order valence-electron chi connectivity index (χ3n) is 3.82. The molecule has 1 amide bonds. The monoisotopic (exact) mass is 471 g/mol. The van der Waals surface area contributed by atoms with Crippen LogP contribution in [0.25, 0.3) is 0 Å². The van der Waals surface area contributed by atoms with Gasteiger partial charge in [-0.25, -0.2) is 0 Å². The number of likely N-dealkylation sites (N-methyl/N-ethyl adjacent to an activating group) is 3. The molecule has 0 heterocycles. The number of hydrogen-bond acceptors (Lipinski definition) is 4. The molecule has 0 saturated heterocycles. The molecule has 0 bridgehead atoms. The van der Waals surface area contributed by atoms with E-state index >= 15 is 0 Å². The first kappa shape index (κ1) is 26.6. The Morgan fingerprint density at radius 3 is 2.28 bits per heavy atom. The van der Waals surface area contributed by atoms with Crippen molar-refractivity contribution in [2.45, 2.75) is 27.2 Å². The second kappa shape index (κ2) is 16.8. The molecule has 0 aliphatic rings. The standard InChI is InChI=1S/C17H37N5O2.HI/c1-7-18-17(19-11-10-12-20(4)13-14-24-6)21(5)15-16(23)22(8-2)9-3;/h7-15H2,1-6H3,(H,18,19);1H. The molecule has 0 unspecified atom stereocenters. The number of rotatable bonds is 12. The number of carbonyl (C=O) groups is 1. The Bertz CT molecular complexity index is 365. The summed E-state index contributed by atoms with van der Waals surface area (Å²) >= 11 is 0. The van der Waals surface area contributed by atoms with Crippen LogP contribution >= 0.6 is 24.0 Å².